The van der Waals surface area contributed by atoms with Gasteiger partial charge in [-0.15, -0.1) is 11.8 Å². The molecule has 0 aliphatic carbocycles. The maximum absolute atomic E-state index is 12.2. The predicted octanol–water partition coefficient (Wildman–Crippen LogP) is 4.14. The van der Waals surface area contributed by atoms with E-state index in [2.05, 4.69) is 5.32 Å². The van der Waals surface area contributed by atoms with Crippen LogP contribution in [-0.4, -0.2) is 24.2 Å². The molecule has 1 aliphatic rings. The monoisotopic (exact) mass is 377 g/mol. The molecule has 1 aliphatic heterocycles. The van der Waals surface area contributed by atoms with Gasteiger partial charge in [-0.1, -0.05) is 23.7 Å². The fourth-order valence-electron chi connectivity index (χ4n) is 2.37. The summed E-state index contributed by atoms with van der Waals surface area (Å²) < 4.78 is 10.6. The standard InChI is InChI=1S/C18H16ClNO4S/c1-11(21)14-6-16-17(24-10-23-16)7-15(14)20-18(22)9-25-8-12-2-4-13(19)5-3-12/h2-7H,8-10H2,1H3,(H,20,22). The Bertz CT molecular complexity index is 807. The van der Waals surface area contributed by atoms with Crippen LogP contribution in [0.2, 0.25) is 5.02 Å². The zero-order chi connectivity index (χ0) is 17.8. The molecule has 25 heavy (non-hydrogen) atoms. The molecule has 0 saturated carbocycles. The molecule has 1 heterocycles. The molecule has 130 valence electrons. The number of Topliss-reactive ketones (excluding diaryl/α,β-unsaturated/α-hetero) is 1. The number of nitrogens with one attached hydrogen (secondary N) is 1. The van der Waals surface area contributed by atoms with Gasteiger partial charge in [0.05, 0.1) is 11.4 Å². The van der Waals surface area contributed by atoms with Gasteiger partial charge in [0.15, 0.2) is 17.3 Å². The van der Waals surface area contributed by atoms with E-state index in [0.29, 0.717) is 33.5 Å². The Morgan fingerprint density at radius 1 is 1.16 bits per heavy atom. The summed E-state index contributed by atoms with van der Waals surface area (Å²) in [5.41, 5.74) is 1.93. The van der Waals surface area contributed by atoms with E-state index in [1.54, 1.807) is 12.1 Å². The van der Waals surface area contributed by atoms with E-state index < -0.39 is 0 Å². The number of amides is 1. The number of ether oxygens (including phenoxy) is 2. The number of hydrogen-bond donors (Lipinski definition) is 1. The number of anilines is 1. The molecule has 0 unspecified atom stereocenters. The molecule has 2 aromatic carbocycles. The zero-order valence-electron chi connectivity index (χ0n) is 13.5. The molecule has 0 fully saturated rings. The van der Waals surface area contributed by atoms with Crippen molar-refractivity contribution in [2.75, 3.05) is 17.9 Å². The van der Waals surface area contributed by atoms with E-state index in [1.807, 2.05) is 24.3 Å². The first kappa shape index (κ1) is 17.6. The smallest absolute Gasteiger partial charge is 0.234 e. The fourth-order valence-corrected chi connectivity index (χ4v) is 3.28. The van der Waals surface area contributed by atoms with Crippen molar-refractivity contribution in [2.24, 2.45) is 0 Å². The minimum atomic E-state index is -0.180. The molecule has 2 aromatic rings. The first-order chi connectivity index (χ1) is 12.0. The molecule has 7 heteroatoms. The van der Waals surface area contributed by atoms with Crippen LogP contribution in [0.25, 0.3) is 0 Å². The minimum Gasteiger partial charge on any atom is -0.454 e. The van der Waals surface area contributed by atoms with Crippen LogP contribution in [0.1, 0.15) is 22.8 Å². The Balaban J connectivity index is 1.60. The maximum atomic E-state index is 12.2. The summed E-state index contributed by atoms with van der Waals surface area (Å²) in [6.45, 7) is 1.56. The van der Waals surface area contributed by atoms with Gasteiger partial charge < -0.3 is 14.8 Å². The summed E-state index contributed by atoms with van der Waals surface area (Å²) in [6, 6.07) is 10.7. The van der Waals surface area contributed by atoms with Crippen LogP contribution in [-0.2, 0) is 10.5 Å². The number of ketones is 1. The number of halogens is 1. The number of thioether (sulfide) groups is 1. The molecule has 0 aromatic heterocycles. The van der Waals surface area contributed by atoms with Crippen LogP contribution >= 0.6 is 23.4 Å². The Kier molecular flexibility index (Phi) is 5.50. The summed E-state index contributed by atoms with van der Waals surface area (Å²) >= 11 is 7.33. The lowest BCUT2D eigenvalue weighted by molar-refractivity contribution is -0.113. The number of carbonyl (C=O) groups excluding carboxylic acids is 2. The molecule has 0 spiro atoms. The third-order valence-corrected chi connectivity index (χ3v) is 4.84. The van der Waals surface area contributed by atoms with Gasteiger partial charge in [-0.2, -0.15) is 0 Å². The lowest BCUT2D eigenvalue weighted by Crippen LogP contribution is -2.16. The number of carbonyl (C=O) groups is 2. The largest absolute Gasteiger partial charge is 0.454 e. The van der Waals surface area contributed by atoms with E-state index in [4.69, 9.17) is 21.1 Å². The number of rotatable bonds is 6. The van der Waals surface area contributed by atoms with Gasteiger partial charge in [-0.25, -0.2) is 0 Å². The first-order valence-corrected chi connectivity index (χ1v) is 9.13. The Morgan fingerprint density at radius 2 is 1.84 bits per heavy atom. The van der Waals surface area contributed by atoms with Crippen molar-refractivity contribution in [1.29, 1.82) is 0 Å². The molecule has 0 atom stereocenters. The van der Waals surface area contributed by atoms with E-state index in [9.17, 15) is 9.59 Å². The van der Waals surface area contributed by atoms with Crippen molar-refractivity contribution >= 4 is 40.7 Å². The molecular weight excluding hydrogens is 362 g/mol. The van der Waals surface area contributed by atoms with Gasteiger partial charge in [0.25, 0.3) is 0 Å². The molecule has 1 N–H and O–H groups in total. The number of hydrogen-bond acceptors (Lipinski definition) is 5. The van der Waals surface area contributed by atoms with Gasteiger partial charge in [0, 0.05) is 22.4 Å². The zero-order valence-corrected chi connectivity index (χ0v) is 15.1. The molecule has 5 nitrogen and oxygen atoms in total. The summed E-state index contributed by atoms with van der Waals surface area (Å²) in [7, 11) is 0. The second-order valence-corrected chi connectivity index (χ2v) is 6.90. The summed E-state index contributed by atoms with van der Waals surface area (Å²) in [4.78, 5) is 24.0. The molecule has 3 rings (SSSR count). The minimum absolute atomic E-state index is 0.112. The van der Waals surface area contributed by atoms with E-state index in [1.165, 1.54) is 18.7 Å². The van der Waals surface area contributed by atoms with Gasteiger partial charge in [-0.05, 0) is 30.7 Å². The lowest BCUT2D eigenvalue weighted by atomic mass is 10.1. The maximum Gasteiger partial charge on any atom is 0.234 e. The van der Waals surface area contributed by atoms with E-state index in [0.717, 1.165) is 5.56 Å². The molecule has 0 radical (unpaired) electrons. The number of fused-ring (bicyclic) bond motifs is 1. The SMILES string of the molecule is CC(=O)c1cc2c(cc1NC(=O)CSCc1ccc(Cl)cc1)OCO2. The average molecular weight is 378 g/mol. The average Bonchev–Trinajstić information content (AvgIpc) is 3.03. The Morgan fingerprint density at radius 3 is 2.52 bits per heavy atom. The summed E-state index contributed by atoms with van der Waals surface area (Å²) in [5, 5.41) is 3.47. The van der Waals surface area contributed by atoms with Crippen molar-refractivity contribution in [3.8, 4) is 11.5 Å². The van der Waals surface area contributed by atoms with Crippen molar-refractivity contribution in [2.45, 2.75) is 12.7 Å². The van der Waals surface area contributed by atoms with Crippen LogP contribution in [0.4, 0.5) is 5.69 Å². The first-order valence-electron chi connectivity index (χ1n) is 7.59. The van der Waals surface area contributed by atoms with Crippen molar-refractivity contribution < 1.29 is 19.1 Å². The molecule has 0 saturated heterocycles. The lowest BCUT2D eigenvalue weighted by Gasteiger charge is -2.10. The third-order valence-electron chi connectivity index (χ3n) is 3.58. The van der Waals surface area contributed by atoms with Crippen LogP contribution in [0, 0.1) is 0 Å². The van der Waals surface area contributed by atoms with Crippen LogP contribution in [0.3, 0.4) is 0 Å². The van der Waals surface area contributed by atoms with Gasteiger partial charge >= 0.3 is 0 Å². The second-order valence-electron chi connectivity index (χ2n) is 5.47. The molecule has 1 amide bonds. The molecular formula is C18H16ClNO4S. The van der Waals surface area contributed by atoms with Crippen molar-refractivity contribution in [3.63, 3.8) is 0 Å². The fraction of sp³-hybridized carbons (Fsp3) is 0.222. The second kappa shape index (κ2) is 7.80. The van der Waals surface area contributed by atoms with Crippen LogP contribution in [0.5, 0.6) is 11.5 Å². The highest BCUT2D eigenvalue weighted by Gasteiger charge is 2.20. The highest BCUT2D eigenvalue weighted by atomic mass is 35.5. The van der Waals surface area contributed by atoms with Crippen molar-refractivity contribution in [1.82, 2.24) is 0 Å². The molecule has 0 bridgehead atoms. The normalized spacial score (nSPS) is 12.1. The Labute approximate surface area is 154 Å². The summed E-state index contributed by atoms with van der Waals surface area (Å²) in [6.07, 6.45) is 0. The topological polar surface area (TPSA) is 64.6 Å². The highest BCUT2D eigenvalue weighted by molar-refractivity contribution is 7.99. The van der Waals surface area contributed by atoms with Gasteiger partial charge in [0.2, 0.25) is 12.7 Å². The third kappa shape index (κ3) is 4.46. The number of benzene rings is 2. The highest BCUT2D eigenvalue weighted by Crippen LogP contribution is 2.37. The quantitative estimate of drug-likeness (QED) is 0.766. The van der Waals surface area contributed by atoms with Crippen LogP contribution < -0.4 is 14.8 Å². The summed E-state index contributed by atoms with van der Waals surface area (Å²) in [5.74, 6) is 1.68. The van der Waals surface area contributed by atoms with Gasteiger partial charge in [0.1, 0.15) is 0 Å². The Hall–Kier alpha value is -2.18. The van der Waals surface area contributed by atoms with Crippen molar-refractivity contribution in [3.05, 3.63) is 52.5 Å². The van der Waals surface area contributed by atoms with E-state index in [-0.39, 0.29) is 24.2 Å². The predicted molar refractivity (Wildman–Crippen MR) is 98.8 cm³/mol. The van der Waals surface area contributed by atoms with E-state index >= 15 is 0 Å². The van der Waals surface area contributed by atoms with Gasteiger partial charge in [-0.3, -0.25) is 9.59 Å². The van der Waals surface area contributed by atoms with Crippen LogP contribution in [0.15, 0.2) is 36.4 Å².